The molecule has 3 rings (SSSR count). The van der Waals surface area contributed by atoms with Crippen molar-refractivity contribution in [2.24, 2.45) is 7.05 Å². The fourth-order valence-electron chi connectivity index (χ4n) is 3.87. The highest BCUT2D eigenvalue weighted by Gasteiger charge is 2.24. The number of aryl methyl sites for hydroxylation is 2. The van der Waals surface area contributed by atoms with Crippen LogP contribution in [0, 0.1) is 0 Å². The fraction of sp³-hybridized carbons (Fsp3) is 0.360. The molecular weight excluding hydrogens is 452 g/mol. The Morgan fingerprint density at radius 3 is 2.38 bits per heavy atom. The number of carbonyl (C=O) groups is 1. The van der Waals surface area contributed by atoms with Crippen LogP contribution in [0.5, 0.6) is 5.75 Å². The smallest absolute Gasteiger partial charge is 0.243 e. The second-order valence-corrected chi connectivity index (χ2v) is 9.81. The SMILES string of the molecule is CCN(CC)S(=O)(=O)c1ccc(CCC(=O)NC(c2ccccc2OC)c2nccn2C)cc1. The number of hydrogen-bond acceptors (Lipinski definition) is 5. The molecule has 0 aliphatic carbocycles. The maximum Gasteiger partial charge on any atom is 0.243 e. The maximum atomic E-state index is 12.9. The third kappa shape index (κ3) is 5.66. The molecule has 1 atom stereocenters. The van der Waals surface area contributed by atoms with E-state index < -0.39 is 16.1 Å². The van der Waals surface area contributed by atoms with Crippen LogP contribution in [0.25, 0.3) is 0 Å². The first-order chi connectivity index (χ1) is 16.3. The standard InChI is InChI=1S/C25H32N4O4S/c1-5-29(6-2)34(31,32)20-14-11-19(12-15-20)13-16-23(30)27-24(25-26-17-18-28(25)3)21-9-7-8-10-22(21)33-4/h7-12,14-15,17-18,24H,5-6,13,16H2,1-4H3,(H,27,30). The molecular formula is C25H32N4O4S. The van der Waals surface area contributed by atoms with E-state index in [9.17, 15) is 13.2 Å². The zero-order chi connectivity index (χ0) is 24.7. The molecule has 2 aromatic carbocycles. The van der Waals surface area contributed by atoms with E-state index in [1.54, 1.807) is 37.6 Å². The van der Waals surface area contributed by atoms with Crippen LogP contribution >= 0.6 is 0 Å². The van der Waals surface area contributed by atoms with Crippen LogP contribution < -0.4 is 10.1 Å². The monoisotopic (exact) mass is 484 g/mol. The summed E-state index contributed by atoms with van der Waals surface area (Å²) in [5.74, 6) is 1.23. The maximum absolute atomic E-state index is 12.9. The van der Waals surface area contributed by atoms with Gasteiger partial charge in [-0.25, -0.2) is 13.4 Å². The van der Waals surface area contributed by atoms with Gasteiger partial charge in [0.05, 0.1) is 12.0 Å². The molecule has 0 spiro atoms. The quantitative estimate of drug-likeness (QED) is 0.451. The average molecular weight is 485 g/mol. The minimum Gasteiger partial charge on any atom is -0.496 e. The van der Waals surface area contributed by atoms with E-state index in [1.165, 1.54) is 4.31 Å². The molecule has 1 unspecified atom stereocenters. The zero-order valence-corrected chi connectivity index (χ0v) is 20.9. The summed E-state index contributed by atoms with van der Waals surface area (Å²) in [6.07, 6.45) is 4.25. The number of sulfonamides is 1. The zero-order valence-electron chi connectivity index (χ0n) is 20.1. The molecule has 1 amide bonds. The number of rotatable bonds is 11. The number of methoxy groups -OCH3 is 1. The largest absolute Gasteiger partial charge is 0.496 e. The summed E-state index contributed by atoms with van der Waals surface area (Å²) in [5.41, 5.74) is 1.71. The van der Waals surface area contributed by atoms with Gasteiger partial charge in [-0.3, -0.25) is 4.79 Å². The van der Waals surface area contributed by atoms with Crippen molar-refractivity contribution in [3.05, 3.63) is 77.9 Å². The van der Waals surface area contributed by atoms with E-state index in [1.807, 2.05) is 55.9 Å². The van der Waals surface area contributed by atoms with Gasteiger partial charge in [-0.1, -0.05) is 44.2 Å². The highest BCUT2D eigenvalue weighted by Crippen LogP contribution is 2.29. The van der Waals surface area contributed by atoms with Crippen LogP contribution in [0.15, 0.2) is 65.8 Å². The van der Waals surface area contributed by atoms with E-state index in [0.717, 1.165) is 11.1 Å². The molecule has 0 aliphatic rings. The lowest BCUT2D eigenvalue weighted by Crippen LogP contribution is -2.31. The van der Waals surface area contributed by atoms with Gasteiger partial charge < -0.3 is 14.6 Å². The van der Waals surface area contributed by atoms with Crippen molar-refractivity contribution < 1.29 is 17.9 Å². The van der Waals surface area contributed by atoms with Crippen molar-refractivity contribution in [3.63, 3.8) is 0 Å². The lowest BCUT2D eigenvalue weighted by molar-refractivity contribution is -0.121. The molecule has 0 radical (unpaired) electrons. The van der Waals surface area contributed by atoms with Crippen LogP contribution in [0.1, 0.15) is 43.3 Å². The summed E-state index contributed by atoms with van der Waals surface area (Å²) in [7, 11) is -0.0216. The Labute approximate surface area is 201 Å². The number of benzene rings is 2. The number of aromatic nitrogens is 2. The minimum absolute atomic E-state index is 0.140. The van der Waals surface area contributed by atoms with Crippen molar-refractivity contribution >= 4 is 15.9 Å². The van der Waals surface area contributed by atoms with E-state index >= 15 is 0 Å². The lowest BCUT2D eigenvalue weighted by Gasteiger charge is -2.21. The number of imidazole rings is 1. The number of nitrogens with one attached hydrogen (secondary N) is 1. The molecule has 1 N–H and O–H groups in total. The van der Waals surface area contributed by atoms with Gasteiger partial charge in [0, 0.05) is 44.5 Å². The number of nitrogens with zero attached hydrogens (tertiary/aromatic N) is 3. The molecule has 182 valence electrons. The van der Waals surface area contributed by atoms with Crippen molar-refractivity contribution in [1.29, 1.82) is 0 Å². The first-order valence-corrected chi connectivity index (χ1v) is 12.7. The highest BCUT2D eigenvalue weighted by molar-refractivity contribution is 7.89. The Hall–Kier alpha value is -3.17. The van der Waals surface area contributed by atoms with Crippen LogP contribution in [-0.4, -0.2) is 48.4 Å². The highest BCUT2D eigenvalue weighted by atomic mass is 32.2. The van der Waals surface area contributed by atoms with Gasteiger partial charge in [-0.05, 0) is 30.2 Å². The number of ether oxygens (including phenoxy) is 1. The molecule has 3 aromatic rings. The molecule has 0 fully saturated rings. The first kappa shape index (κ1) is 25.5. The molecule has 0 bridgehead atoms. The third-order valence-corrected chi connectivity index (χ3v) is 7.84. The second-order valence-electron chi connectivity index (χ2n) is 7.87. The van der Waals surface area contributed by atoms with E-state index in [-0.39, 0.29) is 17.2 Å². The molecule has 9 heteroatoms. The molecule has 0 aliphatic heterocycles. The molecule has 34 heavy (non-hydrogen) atoms. The van der Waals surface area contributed by atoms with E-state index in [0.29, 0.717) is 31.1 Å². The Morgan fingerprint density at radius 2 is 1.79 bits per heavy atom. The predicted molar refractivity (Wildman–Crippen MR) is 131 cm³/mol. The van der Waals surface area contributed by atoms with E-state index in [4.69, 9.17) is 4.74 Å². The Bertz CT molecular complexity index is 1200. The van der Waals surface area contributed by atoms with Crippen LogP contribution in [0.2, 0.25) is 0 Å². The van der Waals surface area contributed by atoms with Gasteiger partial charge in [-0.15, -0.1) is 0 Å². The van der Waals surface area contributed by atoms with Gasteiger partial charge >= 0.3 is 0 Å². The Kier molecular flexibility index (Phi) is 8.46. The molecule has 1 aromatic heterocycles. The van der Waals surface area contributed by atoms with Crippen LogP contribution in [0.3, 0.4) is 0 Å². The van der Waals surface area contributed by atoms with Gasteiger partial charge in [0.15, 0.2) is 0 Å². The van der Waals surface area contributed by atoms with E-state index in [2.05, 4.69) is 10.3 Å². The summed E-state index contributed by atoms with van der Waals surface area (Å²) in [4.78, 5) is 17.6. The van der Waals surface area contributed by atoms with Gasteiger partial charge in [0.25, 0.3) is 0 Å². The van der Waals surface area contributed by atoms with Gasteiger partial charge in [-0.2, -0.15) is 4.31 Å². The van der Waals surface area contributed by atoms with Crippen molar-refractivity contribution in [3.8, 4) is 5.75 Å². The van der Waals surface area contributed by atoms with Gasteiger partial charge in [0.2, 0.25) is 15.9 Å². The summed E-state index contributed by atoms with van der Waals surface area (Å²) in [6.45, 7) is 4.48. The Morgan fingerprint density at radius 1 is 1.12 bits per heavy atom. The molecule has 0 saturated heterocycles. The summed E-state index contributed by atoms with van der Waals surface area (Å²) >= 11 is 0. The molecule has 0 saturated carbocycles. The summed E-state index contributed by atoms with van der Waals surface area (Å²) in [6, 6.07) is 13.8. The molecule has 8 nitrogen and oxygen atoms in total. The first-order valence-electron chi connectivity index (χ1n) is 11.3. The van der Waals surface area contributed by atoms with Crippen molar-refractivity contribution in [1.82, 2.24) is 19.2 Å². The average Bonchev–Trinajstić information content (AvgIpc) is 3.27. The van der Waals surface area contributed by atoms with Crippen LogP contribution in [-0.2, 0) is 28.3 Å². The fourth-order valence-corrected chi connectivity index (χ4v) is 5.33. The number of para-hydroxylation sites is 1. The summed E-state index contributed by atoms with van der Waals surface area (Å²) < 4.78 is 34.1. The normalized spacial score (nSPS) is 12.5. The van der Waals surface area contributed by atoms with Crippen molar-refractivity contribution in [2.75, 3.05) is 20.2 Å². The Balaban J connectivity index is 1.72. The molecule has 1 heterocycles. The minimum atomic E-state index is -3.50. The number of amides is 1. The topological polar surface area (TPSA) is 93.5 Å². The van der Waals surface area contributed by atoms with Gasteiger partial charge in [0.1, 0.15) is 17.6 Å². The number of hydrogen-bond donors (Lipinski definition) is 1. The third-order valence-electron chi connectivity index (χ3n) is 5.78. The van der Waals surface area contributed by atoms with Crippen molar-refractivity contribution in [2.45, 2.75) is 37.6 Å². The predicted octanol–water partition coefficient (Wildman–Crippen LogP) is 3.30. The summed E-state index contributed by atoms with van der Waals surface area (Å²) in [5, 5.41) is 3.08. The lowest BCUT2D eigenvalue weighted by atomic mass is 10.0. The number of carbonyl (C=O) groups excluding carboxylic acids is 1. The van der Waals surface area contributed by atoms with Crippen LogP contribution in [0.4, 0.5) is 0 Å². The second kappa shape index (κ2) is 11.3.